The second-order valence-corrected chi connectivity index (χ2v) is 7.81. The molecular formula is C30H22IrN2O-2. The maximum atomic E-state index is 6.18. The van der Waals surface area contributed by atoms with Crippen LogP contribution in [0.2, 0.25) is 0 Å². The zero-order valence-electron chi connectivity index (χ0n) is 18.9. The van der Waals surface area contributed by atoms with Gasteiger partial charge in [0, 0.05) is 37.9 Å². The van der Waals surface area contributed by atoms with Crippen molar-refractivity contribution in [3.63, 3.8) is 0 Å². The van der Waals surface area contributed by atoms with E-state index in [-0.39, 0.29) is 20.1 Å². The first-order valence-corrected chi connectivity index (χ1v) is 10.8. The average Bonchev–Trinajstić information content (AvgIpc) is 3.28. The number of rotatable bonds is 2. The van der Waals surface area contributed by atoms with E-state index in [1.807, 2.05) is 66.7 Å². The van der Waals surface area contributed by atoms with Crippen LogP contribution in [-0.4, -0.2) is 9.97 Å². The van der Waals surface area contributed by atoms with Gasteiger partial charge in [-0.15, -0.1) is 53.6 Å². The minimum atomic E-state index is 0. The van der Waals surface area contributed by atoms with E-state index >= 15 is 0 Å². The molecule has 6 aromatic rings. The zero-order chi connectivity index (χ0) is 22.6. The third-order valence-corrected chi connectivity index (χ3v) is 5.54. The second-order valence-electron chi connectivity index (χ2n) is 7.81. The third kappa shape index (κ3) is 4.70. The first-order valence-electron chi connectivity index (χ1n) is 10.8. The molecule has 6 rings (SSSR count). The number of hydrogen-bond donors (Lipinski definition) is 0. The van der Waals surface area contributed by atoms with Gasteiger partial charge in [-0.2, -0.15) is 0 Å². The molecule has 0 unspecified atom stereocenters. The molecule has 0 aliphatic heterocycles. The summed E-state index contributed by atoms with van der Waals surface area (Å²) < 4.78 is 6.18. The van der Waals surface area contributed by atoms with Gasteiger partial charge in [-0.1, -0.05) is 60.3 Å². The molecule has 3 nitrogen and oxygen atoms in total. The van der Waals surface area contributed by atoms with Crippen molar-refractivity contribution in [2.24, 2.45) is 0 Å². The Kier molecular flexibility index (Phi) is 7.32. The molecule has 34 heavy (non-hydrogen) atoms. The van der Waals surface area contributed by atoms with Crippen molar-refractivity contribution >= 4 is 21.9 Å². The van der Waals surface area contributed by atoms with Gasteiger partial charge in [0.05, 0.1) is 5.58 Å². The summed E-state index contributed by atoms with van der Waals surface area (Å²) in [5.74, 6) is 0. The monoisotopic (exact) mass is 619 g/mol. The third-order valence-electron chi connectivity index (χ3n) is 5.54. The first-order chi connectivity index (χ1) is 16.2. The molecule has 0 aliphatic carbocycles. The quantitative estimate of drug-likeness (QED) is 0.188. The number of hydrogen-bond acceptors (Lipinski definition) is 3. The van der Waals surface area contributed by atoms with E-state index in [1.165, 1.54) is 5.56 Å². The summed E-state index contributed by atoms with van der Waals surface area (Å²) in [5.41, 5.74) is 7.97. The van der Waals surface area contributed by atoms with E-state index in [2.05, 4.69) is 54.1 Å². The van der Waals surface area contributed by atoms with E-state index in [4.69, 9.17) is 4.42 Å². The number of aryl methyl sites for hydroxylation is 2. The van der Waals surface area contributed by atoms with Crippen LogP contribution in [0.1, 0.15) is 11.1 Å². The average molecular weight is 619 g/mol. The van der Waals surface area contributed by atoms with Crippen molar-refractivity contribution in [2.75, 3.05) is 0 Å². The van der Waals surface area contributed by atoms with Crippen LogP contribution >= 0.6 is 0 Å². The van der Waals surface area contributed by atoms with Crippen LogP contribution in [-0.2, 0) is 20.1 Å². The Hall–Kier alpha value is -3.59. The molecule has 3 heterocycles. The smallest absolute Gasteiger partial charge is 0.123 e. The van der Waals surface area contributed by atoms with Gasteiger partial charge in [0.1, 0.15) is 5.58 Å². The standard InChI is InChI=1S/C19H14NO.C11H8N.Ir/c1-12-9-10-14(16-8-3-4-11-20-16)19-17(12)15-7-5-6-13(2)18(15)21-19;1-2-6-10(7-3-1)11-8-4-5-9-12-11;/h3-9,11H,1-2H3;1-6,8-9H;/q2*-1;. The Bertz CT molecular complexity index is 1470. The molecule has 1 radical (unpaired) electrons. The van der Waals surface area contributed by atoms with E-state index in [1.54, 1.807) is 12.4 Å². The van der Waals surface area contributed by atoms with Gasteiger partial charge in [-0.3, -0.25) is 0 Å². The van der Waals surface area contributed by atoms with Gasteiger partial charge < -0.3 is 14.4 Å². The summed E-state index contributed by atoms with van der Waals surface area (Å²) in [6.45, 7) is 4.17. The van der Waals surface area contributed by atoms with Crippen molar-refractivity contribution in [3.05, 3.63) is 121 Å². The van der Waals surface area contributed by atoms with Gasteiger partial charge in [0.2, 0.25) is 0 Å². The van der Waals surface area contributed by atoms with E-state index < -0.39 is 0 Å². The summed E-state index contributed by atoms with van der Waals surface area (Å²) in [5, 5.41) is 2.32. The van der Waals surface area contributed by atoms with Crippen molar-refractivity contribution in [2.45, 2.75) is 13.8 Å². The summed E-state index contributed by atoms with van der Waals surface area (Å²) in [7, 11) is 0. The Morgan fingerprint density at radius 3 is 2.09 bits per heavy atom. The summed E-state index contributed by atoms with van der Waals surface area (Å²) in [6, 6.07) is 34.3. The molecule has 0 spiro atoms. The number of benzene rings is 3. The maximum Gasteiger partial charge on any atom is 0.123 e. The SMILES string of the molecule is Cc1cccc2c1oc1c(-c3ccccn3)[c-]cc(C)c12.[Ir].[c-]1ccccc1-c1ccccn1. The van der Waals surface area contributed by atoms with E-state index in [0.29, 0.717) is 0 Å². The predicted octanol–water partition coefficient (Wildman–Crippen LogP) is 7.61. The normalized spacial score (nSPS) is 10.4. The molecule has 0 aliphatic rings. The van der Waals surface area contributed by atoms with Gasteiger partial charge in [-0.05, 0) is 36.0 Å². The largest absolute Gasteiger partial charge is 0.500 e. The number of fused-ring (bicyclic) bond motifs is 3. The van der Waals surface area contributed by atoms with Crippen LogP contribution < -0.4 is 0 Å². The Morgan fingerprint density at radius 1 is 0.676 bits per heavy atom. The molecule has 0 saturated carbocycles. The zero-order valence-corrected chi connectivity index (χ0v) is 21.3. The Labute approximate surface area is 212 Å². The van der Waals surface area contributed by atoms with E-state index in [0.717, 1.165) is 50.0 Å². The van der Waals surface area contributed by atoms with E-state index in [9.17, 15) is 0 Å². The van der Waals surface area contributed by atoms with Gasteiger partial charge >= 0.3 is 0 Å². The number of nitrogens with zero attached hydrogens (tertiary/aromatic N) is 2. The van der Waals surface area contributed by atoms with Crippen molar-refractivity contribution < 1.29 is 24.5 Å². The molecular weight excluding hydrogens is 597 g/mol. The van der Waals surface area contributed by atoms with Crippen LogP contribution in [0.25, 0.3) is 44.5 Å². The molecule has 4 heteroatoms. The van der Waals surface area contributed by atoms with Crippen LogP contribution in [0.3, 0.4) is 0 Å². The van der Waals surface area contributed by atoms with Crippen LogP contribution in [0.4, 0.5) is 0 Å². The van der Waals surface area contributed by atoms with Gasteiger partial charge in [0.15, 0.2) is 0 Å². The summed E-state index contributed by atoms with van der Waals surface area (Å²) in [6.07, 6.45) is 3.58. The molecule has 3 aromatic heterocycles. The number of para-hydroxylation sites is 1. The molecule has 0 N–H and O–H groups in total. The Balaban J connectivity index is 0.000000180. The molecule has 0 atom stereocenters. The van der Waals surface area contributed by atoms with Crippen LogP contribution in [0.15, 0.2) is 102 Å². The summed E-state index contributed by atoms with van der Waals surface area (Å²) in [4.78, 5) is 8.65. The molecule has 3 aromatic carbocycles. The second kappa shape index (κ2) is 10.6. The van der Waals surface area contributed by atoms with Crippen molar-refractivity contribution in [3.8, 4) is 22.5 Å². The number of furan rings is 1. The molecule has 0 bridgehead atoms. The van der Waals surface area contributed by atoms with Gasteiger partial charge in [0.25, 0.3) is 0 Å². The first kappa shape index (κ1) is 23.6. The molecule has 169 valence electrons. The van der Waals surface area contributed by atoms with Crippen molar-refractivity contribution in [1.29, 1.82) is 0 Å². The fourth-order valence-corrected chi connectivity index (χ4v) is 3.92. The molecule has 0 saturated heterocycles. The van der Waals surface area contributed by atoms with Crippen LogP contribution in [0.5, 0.6) is 0 Å². The van der Waals surface area contributed by atoms with Gasteiger partial charge in [-0.25, -0.2) is 0 Å². The topological polar surface area (TPSA) is 38.9 Å². The maximum absolute atomic E-state index is 6.18. The predicted molar refractivity (Wildman–Crippen MR) is 134 cm³/mol. The number of pyridine rings is 2. The molecule has 0 fully saturated rings. The van der Waals surface area contributed by atoms with Crippen molar-refractivity contribution in [1.82, 2.24) is 9.97 Å². The fourth-order valence-electron chi connectivity index (χ4n) is 3.92. The number of aromatic nitrogens is 2. The molecule has 0 amide bonds. The Morgan fingerprint density at radius 2 is 1.41 bits per heavy atom. The van der Waals surface area contributed by atoms with Crippen LogP contribution in [0, 0.1) is 26.0 Å². The summed E-state index contributed by atoms with van der Waals surface area (Å²) >= 11 is 0. The minimum absolute atomic E-state index is 0. The minimum Gasteiger partial charge on any atom is -0.500 e. The fraction of sp³-hybridized carbons (Fsp3) is 0.0667.